The number of hydrogen-bond acceptors (Lipinski definition) is 6. The lowest BCUT2D eigenvalue weighted by atomic mass is 10.2. The molecule has 0 saturated heterocycles. The zero-order valence-electron chi connectivity index (χ0n) is 13.4. The molecular formula is C17H18N6O. The van der Waals surface area contributed by atoms with Gasteiger partial charge in [-0.2, -0.15) is 0 Å². The van der Waals surface area contributed by atoms with E-state index in [0.29, 0.717) is 6.61 Å². The van der Waals surface area contributed by atoms with E-state index in [9.17, 15) is 0 Å². The number of imidazole rings is 1. The molecule has 122 valence electrons. The summed E-state index contributed by atoms with van der Waals surface area (Å²) in [5.41, 5.74) is 1.06. The van der Waals surface area contributed by atoms with Gasteiger partial charge in [0.2, 0.25) is 5.95 Å². The van der Waals surface area contributed by atoms with Crippen LogP contribution in [0.2, 0.25) is 0 Å². The number of pyridine rings is 1. The molecule has 4 heterocycles. The fourth-order valence-electron chi connectivity index (χ4n) is 2.98. The zero-order chi connectivity index (χ0) is 16.4. The standard InChI is InChI=1S/C17H18N6O/c1-13-16-21-10-14(12-24-15-4-2-5-18-11-15)23(16)9-8-22(13)17-19-6-3-7-20-17/h2-7,10-11,13H,8-9,12H2,1H3. The molecule has 7 nitrogen and oxygen atoms in total. The van der Waals surface area contributed by atoms with Gasteiger partial charge in [-0.25, -0.2) is 15.0 Å². The van der Waals surface area contributed by atoms with Crippen LogP contribution in [-0.4, -0.2) is 31.0 Å². The highest BCUT2D eigenvalue weighted by Crippen LogP contribution is 2.28. The molecule has 0 radical (unpaired) electrons. The first-order valence-corrected chi connectivity index (χ1v) is 7.94. The maximum Gasteiger partial charge on any atom is 0.225 e. The Balaban J connectivity index is 1.52. The largest absolute Gasteiger partial charge is 0.486 e. The molecule has 1 aliphatic heterocycles. The summed E-state index contributed by atoms with van der Waals surface area (Å²) in [5, 5.41) is 0. The lowest BCUT2D eigenvalue weighted by molar-refractivity contribution is 0.290. The van der Waals surface area contributed by atoms with Gasteiger partial charge in [0.25, 0.3) is 0 Å². The first-order valence-electron chi connectivity index (χ1n) is 7.94. The molecule has 0 spiro atoms. The molecule has 7 heteroatoms. The van der Waals surface area contributed by atoms with Crippen molar-refractivity contribution in [2.24, 2.45) is 0 Å². The Morgan fingerprint density at radius 1 is 1.08 bits per heavy atom. The predicted molar refractivity (Wildman–Crippen MR) is 88.6 cm³/mol. The first-order chi connectivity index (χ1) is 11.8. The van der Waals surface area contributed by atoms with E-state index in [-0.39, 0.29) is 6.04 Å². The van der Waals surface area contributed by atoms with Crippen molar-refractivity contribution in [2.75, 3.05) is 11.4 Å². The van der Waals surface area contributed by atoms with Crippen LogP contribution in [0.4, 0.5) is 5.95 Å². The van der Waals surface area contributed by atoms with Crippen LogP contribution in [0.1, 0.15) is 24.5 Å². The highest BCUT2D eigenvalue weighted by atomic mass is 16.5. The number of hydrogen-bond donors (Lipinski definition) is 0. The summed E-state index contributed by atoms with van der Waals surface area (Å²) in [6.45, 7) is 4.28. The van der Waals surface area contributed by atoms with Crippen molar-refractivity contribution in [2.45, 2.75) is 26.1 Å². The second kappa shape index (κ2) is 6.27. The number of ether oxygens (including phenoxy) is 1. The first kappa shape index (κ1) is 14.6. The molecule has 0 N–H and O–H groups in total. The molecule has 3 aromatic heterocycles. The monoisotopic (exact) mass is 322 g/mol. The van der Waals surface area contributed by atoms with Gasteiger partial charge in [0, 0.05) is 31.7 Å². The van der Waals surface area contributed by atoms with Crippen molar-refractivity contribution in [1.29, 1.82) is 0 Å². The van der Waals surface area contributed by atoms with Crippen LogP contribution in [0.15, 0.2) is 49.2 Å². The number of anilines is 1. The SMILES string of the molecule is CC1c2ncc(COc3cccnc3)n2CCN1c1ncccn1. The van der Waals surface area contributed by atoms with Crippen LogP contribution in [0, 0.1) is 0 Å². The van der Waals surface area contributed by atoms with E-state index in [1.165, 1.54) is 0 Å². The summed E-state index contributed by atoms with van der Waals surface area (Å²) < 4.78 is 8.02. The Bertz CT molecular complexity index is 804. The Morgan fingerprint density at radius 3 is 2.75 bits per heavy atom. The molecule has 0 aromatic carbocycles. The van der Waals surface area contributed by atoms with Gasteiger partial charge in [0.15, 0.2) is 0 Å². The lowest BCUT2D eigenvalue weighted by Crippen LogP contribution is -2.38. The second-order valence-electron chi connectivity index (χ2n) is 5.65. The van der Waals surface area contributed by atoms with Crippen LogP contribution in [0.3, 0.4) is 0 Å². The molecule has 1 atom stereocenters. The van der Waals surface area contributed by atoms with Crippen LogP contribution < -0.4 is 9.64 Å². The average molecular weight is 322 g/mol. The minimum absolute atomic E-state index is 0.119. The number of fused-ring (bicyclic) bond motifs is 1. The Kier molecular flexibility index (Phi) is 3.82. The van der Waals surface area contributed by atoms with Gasteiger partial charge < -0.3 is 14.2 Å². The average Bonchev–Trinajstić information content (AvgIpc) is 3.06. The van der Waals surface area contributed by atoms with Crippen LogP contribution >= 0.6 is 0 Å². The third kappa shape index (κ3) is 2.68. The summed E-state index contributed by atoms with van der Waals surface area (Å²) in [4.78, 5) is 19.5. The number of aromatic nitrogens is 5. The van der Waals surface area contributed by atoms with Gasteiger partial charge in [-0.15, -0.1) is 0 Å². The lowest BCUT2D eigenvalue weighted by Gasteiger charge is -2.34. The molecule has 3 aromatic rings. The highest BCUT2D eigenvalue weighted by Gasteiger charge is 2.28. The Hall–Kier alpha value is -2.96. The second-order valence-corrected chi connectivity index (χ2v) is 5.65. The Labute approximate surface area is 140 Å². The van der Waals surface area contributed by atoms with Gasteiger partial charge in [0.05, 0.1) is 24.1 Å². The summed E-state index contributed by atoms with van der Waals surface area (Å²) >= 11 is 0. The van der Waals surface area contributed by atoms with Crippen molar-refractivity contribution in [3.8, 4) is 5.75 Å². The van der Waals surface area contributed by atoms with E-state index >= 15 is 0 Å². The van der Waals surface area contributed by atoms with E-state index < -0.39 is 0 Å². The molecule has 0 aliphatic carbocycles. The fourth-order valence-corrected chi connectivity index (χ4v) is 2.98. The van der Waals surface area contributed by atoms with E-state index in [0.717, 1.165) is 36.3 Å². The third-order valence-corrected chi connectivity index (χ3v) is 4.20. The van der Waals surface area contributed by atoms with Crippen molar-refractivity contribution in [1.82, 2.24) is 24.5 Å². The molecule has 4 rings (SSSR count). The molecule has 0 fully saturated rings. The van der Waals surface area contributed by atoms with E-state index in [2.05, 4.69) is 36.3 Å². The van der Waals surface area contributed by atoms with Crippen molar-refractivity contribution >= 4 is 5.95 Å². The molecule has 1 unspecified atom stereocenters. The summed E-state index contributed by atoms with van der Waals surface area (Å²) in [7, 11) is 0. The van der Waals surface area contributed by atoms with Gasteiger partial charge in [0.1, 0.15) is 18.2 Å². The summed E-state index contributed by atoms with van der Waals surface area (Å²) in [6, 6.07) is 5.71. The minimum atomic E-state index is 0.119. The van der Waals surface area contributed by atoms with Crippen LogP contribution in [-0.2, 0) is 13.2 Å². The maximum atomic E-state index is 5.80. The molecular weight excluding hydrogens is 304 g/mol. The van der Waals surface area contributed by atoms with E-state index in [1.807, 2.05) is 24.4 Å². The van der Waals surface area contributed by atoms with Crippen molar-refractivity contribution in [3.05, 3.63) is 60.7 Å². The summed E-state index contributed by atoms with van der Waals surface area (Å²) in [5.74, 6) is 2.52. The maximum absolute atomic E-state index is 5.80. The smallest absolute Gasteiger partial charge is 0.225 e. The van der Waals surface area contributed by atoms with E-state index in [4.69, 9.17) is 4.74 Å². The van der Waals surface area contributed by atoms with Crippen molar-refractivity contribution < 1.29 is 4.74 Å². The molecule has 0 saturated carbocycles. The normalized spacial score (nSPS) is 16.7. The molecule has 0 bridgehead atoms. The van der Waals surface area contributed by atoms with Gasteiger partial charge in [-0.05, 0) is 25.1 Å². The Morgan fingerprint density at radius 2 is 1.96 bits per heavy atom. The van der Waals surface area contributed by atoms with Crippen molar-refractivity contribution in [3.63, 3.8) is 0 Å². The number of rotatable bonds is 4. The van der Waals surface area contributed by atoms with Crippen LogP contribution in [0.25, 0.3) is 0 Å². The quantitative estimate of drug-likeness (QED) is 0.734. The zero-order valence-corrected chi connectivity index (χ0v) is 13.4. The highest BCUT2D eigenvalue weighted by molar-refractivity contribution is 5.34. The topological polar surface area (TPSA) is 69.0 Å². The van der Waals surface area contributed by atoms with Crippen LogP contribution in [0.5, 0.6) is 5.75 Å². The summed E-state index contributed by atoms with van der Waals surface area (Å²) in [6.07, 6.45) is 8.87. The molecule has 24 heavy (non-hydrogen) atoms. The third-order valence-electron chi connectivity index (χ3n) is 4.20. The number of nitrogens with zero attached hydrogens (tertiary/aromatic N) is 6. The van der Waals surface area contributed by atoms with Gasteiger partial charge >= 0.3 is 0 Å². The fraction of sp³-hybridized carbons (Fsp3) is 0.294. The minimum Gasteiger partial charge on any atom is -0.486 e. The van der Waals surface area contributed by atoms with Gasteiger partial charge in [-0.3, -0.25) is 4.98 Å². The molecule has 0 amide bonds. The predicted octanol–water partition coefficient (Wildman–Crippen LogP) is 2.23. The van der Waals surface area contributed by atoms with E-state index in [1.54, 1.807) is 24.8 Å². The molecule has 1 aliphatic rings. The van der Waals surface area contributed by atoms with Gasteiger partial charge in [-0.1, -0.05) is 0 Å².